The summed E-state index contributed by atoms with van der Waals surface area (Å²) in [7, 11) is 0. The molecule has 4 saturated heterocycles. The van der Waals surface area contributed by atoms with E-state index in [9.17, 15) is 9.90 Å². The van der Waals surface area contributed by atoms with E-state index in [2.05, 4.69) is 9.80 Å². The van der Waals surface area contributed by atoms with Crippen LogP contribution in [-0.4, -0.2) is 58.6 Å². The third-order valence-corrected chi connectivity index (χ3v) is 5.91. The zero-order chi connectivity index (χ0) is 13.0. The minimum Gasteiger partial charge on any atom is -0.391 e. The highest BCUT2D eigenvalue weighted by Gasteiger charge is 2.50. The van der Waals surface area contributed by atoms with E-state index >= 15 is 0 Å². The van der Waals surface area contributed by atoms with Crippen molar-refractivity contribution < 1.29 is 9.90 Å². The standard InChI is InChI=1S/C15H24N2O2/c18-13-4-2-6-16-8-10-7-11(15(13)16)9-17-12(10)3-1-5-14(17)19/h10-13,15,18H,1-9H2. The van der Waals surface area contributed by atoms with Crippen LogP contribution in [0, 0.1) is 11.8 Å². The number of amides is 1. The third kappa shape index (κ3) is 1.83. The molecule has 0 aliphatic carbocycles. The van der Waals surface area contributed by atoms with E-state index in [1.807, 2.05) is 0 Å². The molecule has 0 spiro atoms. The Hall–Kier alpha value is -0.610. The van der Waals surface area contributed by atoms with E-state index in [1.54, 1.807) is 0 Å². The van der Waals surface area contributed by atoms with Crippen molar-refractivity contribution in [2.45, 2.75) is 56.7 Å². The van der Waals surface area contributed by atoms with Crippen LogP contribution in [0.1, 0.15) is 38.5 Å². The average molecular weight is 264 g/mol. The van der Waals surface area contributed by atoms with E-state index < -0.39 is 0 Å². The molecule has 19 heavy (non-hydrogen) atoms. The van der Waals surface area contributed by atoms with Crippen LogP contribution in [-0.2, 0) is 4.79 Å². The smallest absolute Gasteiger partial charge is 0.222 e. The molecule has 4 heteroatoms. The monoisotopic (exact) mass is 264 g/mol. The van der Waals surface area contributed by atoms with Crippen LogP contribution in [0.5, 0.6) is 0 Å². The van der Waals surface area contributed by atoms with Gasteiger partial charge in [-0.05, 0) is 50.5 Å². The lowest BCUT2D eigenvalue weighted by Gasteiger charge is -2.57. The van der Waals surface area contributed by atoms with Gasteiger partial charge in [0.1, 0.15) is 0 Å². The number of carbonyl (C=O) groups is 1. The number of rotatable bonds is 0. The van der Waals surface area contributed by atoms with E-state index in [4.69, 9.17) is 0 Å². The van der Waals surface area contributed by atoms with Crippen molar-refractivity contribution in [1.29, 1.82) is 0 Å². The third-order valence-electron chi connectivity index (χ3n) is 5.91. The van der Waals surface area contributed by atoms with Gasteiger partial charge in [0.2, 0.25) is 5.91 Å². The molecule has 4 rings (SSSR count). The molecule has 1 N–H and O–H groups in total. The number of fused-ring (bicyclic) bond motifs is 6. The zero-order valence-electron chi connectivity index (χ0n) is 11.5. The van der Waals surface area contributed by atoms with Gasteiger partial charge in [0.05, 0.1) is 6.10 Å². The molecule has 4 nitrogen and oxygen atoms in total. The second-order valence-corrected chi connectivity index (χ2v) is 6.96. The first-order valence-electron chi connectivity index (χ1n) is 7.95. The van der Waals surface area contributed by atoms with Gasteiger partial charge >= 0.3 is 0 Å². The van der Waals surface area contributed by atoms with Gasteiger partial charge in [-0.1, -0.05) is 0 Å². The maximum atomic E-state index is 12.2. The highest BCUT2D eigenvalue weighted by molar-refractivity contribution is 5.77. The summed E-state index contributed by atoms with van der Waals surface area (Å²) in [6.45, 7) is 3.15. The topological polar surface area (TPSA) is 43.8 Å². The molecule has 106 valence electrons. The van der Waals surface area contributed by atoms with Crippen molar-refractivity contribution in [3.05, 3.63) is 0 Å². The lowest BCUT2D eigenvalue weighted by molar-refractivity contribution is -0.153. The van der Waals surface area contributed by atoms with E-state index in [0.29, 0.717) is 29.8 Å². The predicted molar refractivity (Wildman–Crippen MR) is 71.6 cm³/mol. The SMILES string of the molecule is O=C1CCCC2C3CC(CN12)C1C(O)CCCN1C3. The van der Waals surface area contributed by atoms with Crippen molar-refractivity contribution in [3.63, 3.8) is 0 Å². The Morgan fingerprint density at radius 1 is 1.11 bits per heavy atom. The quantitative estimate of drug-likeness (QED) is 0.705. The summed E-state index contributed by atoms with van der Waals surface area (Å²) in [5, 5.41) is 10.3. The second kappa shape index (κ2) is 4.45. The molecule has 0 aromatic rings. The van der Waals surface area contributed by atoms with Crippen LogP contribution in [0.25, 0.3) is 0 Å². The average Bonchev–Trinajstić information content (AvgIpc) is 2.40. The molecule has 0 radical (unpaired) electrons. The van der Waals surface area contributed by atoms with Gasteiger partial charge in [-0.2, -0.15) is 0 Å². The van der Waals surface area contributed by atoms with Crippen molar-refractivity contribution in [1.82, 2.24) is 9.80 Å². The lowest BCUT2D eigenvalue weighted by atomic mass is 9.70. The lowest BCUT2D eigenvalue weighted by Crippen LogP contribution is -2.67. The number of piperidine rings is 4. The second-order valence-electron chi connectivity index (χ2n) is 6.96. The van der Waals surface area contributed by atoms with Gasteiger partial charge in [0.25, 0.3) is 0 Å². The fourth-order valence-corrected chi connectivity index (χ4v) is 5.18. The summed E-state index contributed by atoms with van der Waals surface area (Å²) in [4.78, 5) is 16.8. The van der Waals surface area contributed by atoms with Gasteiger partial charge in [0, 0.05) is 31.6 Å². The van der Waals surface area contributed by atoms with Gasteiger partial charge < -0.3 is 10.0 Å². The van der Waals surface area contributed by atoms with Gasteiger partial charge in [0.15, 0.2) is 0 Å². The van der Waals surface area contributed by atoms with Crippen LogP contribution in [0.2, 0.25) is 0 Å². The largest absolute Gasteiger partial charge is 0.391 e. The molecule has 4 aliphatic heterocycles. The molecule has 0 aromatic carbocycles. The Kier molecular flexibility index (Phi) is 2.85. The van der Waals surface area contributed by atoms with E-state index in [1.165, 1.54) is 12.8 Å². The van der Waals surface area contributed by atoms with Crippen molar-refractivity contribution in [2.24, 2.45) is 11.8 Å². The van der Waals surface area contributed by atoms with Gasteiger partial charge in [-0.25, -0.2) is 0 Å². The Balaban J connectivity index is 1.61. The minimum absolute atomic E-state index is 0.170. The molecular formula is C15H24N2O2. The summed E-state index contributed by atoms with van der Waals surface area (Å²) >= 11 is 0. The number of hydrogen-bond acceptors (Lipinski definition) is 3. The van der Waals surface area contributed by atoms with Crippen molar-refractivity contribution in [2.75, 3.05) is 19.6 Å². The Morgan fingerprint density at radius 3 is 2.89 bits per heavy atom. The van der Waals surface area contributed by atoms with Crippen LogP contribution >= 0.6 is 0 Å². The maximum absolute atomic E-state index is 12.2. The fourth-order valence-electron chi connectivity index (χ4n) is 5.18. The van der Waals surface area contributed by atoms with E-state index in [-0.39, 0.29) is 6.10 Å². The summed E-state index contributed by atoms with van der Waals surface area (Å²) in [5.41, 5.74) is 0. The Bertz CT molecular complexity index is 386. The normalized spacial score (nSPS) is 46.7. The minimum atomic E-state index is -0.170. The summed E-state index contributed by atoms with van der Waals surface area (Å²) in [6.07, 6.45) is 6.15. The number of hydrogen-bond donors (Lipinski definition) is 1. The highest BCUT2D eigenvalue weighted by atomic mass is 16.3. The molecule has 4 heterocycles. The first-order chi connectivity index (χ1) is 9.24. The maximum Gasteiger partial charge on any atom is 0.222 e. The molecule has 5 atom stereocenters. The van der Waals surface area contributed by atoms with E-state index in [0.717, 1.165) is 45.3 Å². The molecule has 2 bridgehead atoms. The fraction of sp³-hybridized carbons (Fsp3) is 0.933. The highest BCUT2D eigenvalue weighted by Crippen LogP contribution is 2.42. The van der Waals surface area contributed by atoms with Crippen LogP contribution in [0.3, 0.4) is 0 Å². The van der Waals surface area contributed by atoms with Crippen molar-refractivity contribution >= 4 is 5.91 Å². The predicted octanol–water partition coefficient (Wildman–Crippen LogP) is 0.843. The summed E-state index contributed by atoms with van der Waals surface area (Å²) < 4.78 is 0. The summed E-state index contributed by atoms with van der Waals surface area (Å²) in [5.74, 6) is 1.53. The van der Waals surface area contributed by atoms with Gasteiger partial charge in [-0.15, -0.1) is 0 Å². The number of carbonyl (C=O) groups excluding carboxylic acids is 1. The van der Waals surface area contributed by atoms with Crippen LogP contribution < -0.4 is 0 Å². The van der Waals surface area contributed by atoms with Crippen LogP contribution in [0.4, 0.5) is 0 Å². The number of nitrogens with zero attached hydrogens (tertiary/aromatic N) is 2. The van der Waals surface area contributed by atoms with Gasteiger partial charge in [-0.3, -0.25) is 9.69 Å². The number of aliphatic hydroxyl groups is 1. The van der Waals surface area contributed by atoms with Crippen LogP contribution in [0.15, 0.2) is 0 Å². The molecule has 4 fully saturated rings. The molecule has 5 unspecified atom stereocenters. The molecule has 1 amide bonds. The first-order valence-corrected chi connectivity index (χ1v) is 7.95. The summed E-state index contributed by atoms with van der Waals surface area (Å²) in [6, 6.07) is 0.818. The number of aliphatic hydroxyl groups excluding tert-OH is 1. The van der Waals surface area contributed by atoms with Crippen molar-refractivity contribution in [3.8, 4) is 0 Å². The first kappa shape index (κ1) is 12.2. The molecule has 0 saturated carbocycles. The zero-order valence-corrected chi connectivity index (χ0v) is 11.5. The molecule has 0 aromatic heterocycles. The Labute approximate surface area is 114 Å². The molecular weight excluding hydrogens is 240 g/mol. The Morgan fingerprint density at radius 2 is 2.00 bits per heavy atom. The molecule has 4 aliphatic rings.